The summed E-state index contributed by atoms with van der Waals surface area (Å²) in [4.78, 5) is 14.3. The van der Waals surface area contributed by atoms with E-state index in [0.29, 0.717) is 30.5 Å². The second-order valence-electron chi connectivity index (χ2n) is 6.14. The van der Waals surface area contributed by atoms with Gasteiger partial charge in [-0.05, 0) is 24.0 Å². The average Bonchev–Trinajstić information content (AvgIpc) is 3.22. The van der Waals surface area contributed by atoms with Crippen LogP contribution in [0.1, 0.15) is 48.6 Å². The van der Waals surface area contributed by atoms with Crippen LogP contribution in [0.2, 0.25) is 0 Å². The molecule has 1 aliphatic rings. The van der Waals surface area contributed by atoms with E-state index in [1.165, 1.54) is 11.1 Å². The fraction of sp³-hybridized carbons (Fsp3) is 0.500. The molecule has 2 heterocycles. The van der Waals surface area contributed by atoms with Gasteiger partial charge in [0.15, 0.2) is 0 Å². The van der Waals surface area contributed by atoms with Crippen LogP contribution in [-0.2, 0) is 17.6 Å². The van der Waals surface area contributed by atoms with Crippen LogP contribution >= 0.6 is 0 Å². The molecule has 5 nitrogen and oxygen atoms in total. The van der Waals surface area contributed by atoms with Gasteiger partial charge < -0.3 is 9.32 Å². The van der Waals surface area contributed by atoms with Crippen LogP contribution in [0, 0.1) is 6.92 Å². The highest BCUT2D eigenvalue weighted by Crippen LogP contribution is 2.28. The zero-order valence-electron chi connectivity index (χ0n) is 13.8. The first-order valence-corrected chi connectivity index (χ1v) is 8.31. The average molecular weight is 313 g/mol. The van der Waals surface area contributed by atoms with Crippen molar-refractivity contribution in [1.29, 1.82) is 0 Å². The van der Waals surface area contributed by atoms with E-state index in [9.17, 15) is 4.79 Å². The monoisotopic (exact) mass is 313 g/mol. The molecule has 1 saturated heterocycles. The molecule has 5 heteroatoms. The predicted molar refractivity (Wildman–Crippen MR) is 87.1 cm³/mol. The number of likely N-dealkylation sites (tertiary alicyclic amines) is 1. The Morgan fingerprint density at radius 1 is 1.30 bits per heavy atom. The van der Waals surface area contributed by atoms with Gasteiger partial charge in [-0.1, -0.05) is 31.2 Å². The first kappa shape index (κ1) is 15.7. The molecular weight excluding hydrogens is 290 g/mol. The van der Waals surface area contributed by atoms with E-state index in [-0.39, 0.29) is 5.91 Å². The van der Waals surface area contributed by atoms with E-state index in [2.05, 4.69) is 41.4 Å². The van der Waals surface area contributed by atoms with Crippen LogP contribution in [0.3, 0.4) is 0 Å². The van der Waals surface area contributed by atoms with Gasteiger partial charge in [-0.25, -0.2) is 0 Å². The third kappa shape index (κ3) is 3.78. The molecule has 0 spiro atoms. The number of nitrogens with zero attached hydrogens (tertiary/aromatic N) is 3. The maximum absolute atomic E-state index is 12.3. The van der Waals surface area contributed by atoms with Gasteiger partial charge in [-0.3, -0.25) is 4.79 Å². The maximum atomic E-state index is 12.3. The highest BCUT2D eigenvalue weighted by molar-refractivity contribution is 5.76. The van der Waals surface area contributed by atoms with Crippen molar-refractivity contribution in [3.8, 4) is 0 Å². The van der Waals surface area contributed by atoms with E-state index in [0.717, 1.165) is 25.9 Å². The summed E-state index contributed by atoms with van der Waals surface area (Å²) in [6, 6.07) is 8.80. The lowest BCUT2D eigenvalue weighted by molar-refractivity contribution is -0.130. The summed E-state index contributed by atoms with van der Waals surface area (Å²) < 4.78 is 5.32. The molecule has 1 unspecified atom stereocenters. The Bertz CT molecular complexity index is 663. The molecule has 2 aromatic rings. The molecule has 122 valence electrons. The first-order chi connectivity index (χ1) is 11.2. The molecule has 0 N–H and O–H groups in total. The van der Waals surface area contributed by atoms with Gasteiger partial charge in [-0.15, -0.1) is 10.2 Å². The minimum Gasteiger partial charge on any atom is -0.426 e. The second kappa shape index (κ2) is 6.94. The van der Waals surface area contributed by atoms with Gasteiger partial charge in [0.05, 0.1) is 0 Å². The number of benzene rings is 1. The summed E-state index contributed by atoms with van der Waals surface area (Å²) in [5.74, 6) is 1.72. The largest absolute Gasteiger partial charge is 0.426 e. The van der Waals surface area contributed by atoms with E-state index in [4.69, 9.17) is 4.42 Å². The van der Waals surface area contributed by atoms with Crippen molar-refractivity contribution in [2.24, 2.45) is 0 Å². The molecule has 3 rings (SSSR count). The van der Waals surface area contributed by atoms with Crippen molar-refractivity contribution in [2.45, 2.75) is 45.4 Å². The smallest absolute Gasteiger partial charge is 0.223 e. The predicted octanol–water partition coefficient (Wildman–Crippen LogP) is 2.89. The standard InChI is InChI=1S/C18H23N3O2/c1-3-14-4-6-15(7-5-14)16-10-11-21(12-16)18(22)9-8-17-20-19-13(2)23-17/h4-7,16H,3,8-12H2,1-2H3. The molecule has 23 heavy (non-hydrogen) atoms. The minimum atomic E-state index is 0.175. The molecule has 0 aliphatic carbocycles. The van der Waals surface area contributed by atoms with E-state index in [1.807, 2.05) is 4.90 Å². The summed E-state index contributed by atoms with van der Waals surface area (Å²) in [5, 5.41) is 7.72. The quantitative estimate of drug-likeness (QED) is 0.851. The molecule has 1 aromatic heterocycles. The second-order valence-corrected chi connectivity index (χ2v) is 6.14. The Morgan fingerprint density at radius 2 is 2.09 bits per heavy atom. The molecular formula is C18H23N3O2. The summed E-state index contributed by atoms with van der Waals surface area (Å²) >= 11 is 0. The third-order valence-electron chi connectivity index (χ3n) is 4.52. The normalized spacial score (nSPS) is 17.7. The number of hydrogen-bond acceptors (Lipinski definition) is 4. The summed E-state index contributed by atoms with van der Waals surface area (Å²) in [6.07, 6.45) is 3.05. The number of rotatable bonds is 5. The summed E-state index contributed by atoms with van der Waals surface area (Å²) in [6.45, 7) is 5.57. The Labute approximate surface area is 136 Å². The zero-order valence-corrected chi connectivity index (χ0v) is 13.8. The zero-order chi connectivity index (χ0) is 16.2. The number of aryl methyl sites for hydroxylation is 3. The Kier molecular flexibility index (Phi) is 4.74. The van der Waals surface area contributed by atoms with Gasteiger partial charge >= 0.3 is 0 Å². The molecule has 0 radical (unpaired) electrons. The van der Waals surface area contributed by atoms with Crippen molar-refractivity contribution < 1.29 is 9.21 Å². The highest BCUT2D eigenvalue weighted by Gasteiger charge is 2.27. The number of aromatic nitrogens is 2. The summed E-state index contributed by atoms with van der Waals surface area (Å²) in [5.41, 5.74) is 2.69. The highest BCUT2D eigenvalue weighted by atomic mass is 16.4. The van der Waals surface area contributed by atoms with Crippen LogP contribution < -0.4 is 0 Å². The van der Waals surface area contributed by atoms with Gasteiger partial charge in [0, 0.05) is 38.8 Å². The molecule has 1 atom stereocenters. The van der Waals surface area contributed by atoms with Gasteiger partial charge in [0.2, 0.25) is 17.7 Å². The molecule has 0 saturated carbocycles. The SMILES string of the molecule is CCc1ccc(C2CCN(C(=O)CCc3nnc(C)o3)C2)cc1. The number of hydrogen-bond donors (Lipinski definition) is 0. The van der Waals surface area contributed by atoms with Crippen LogP contribution in [0.15, 0.2) is 28.7 Å². The number of amides is 1. The van der Waals surface area contributed by atoms with E-state index in [1.54, 1.807) is 6.92 Å². The van der Waals surface area contributed by atoms with E-state index >= 15 is 0 Å². The lowest BCUT2D eigenvalue weighted by Gasteiger charge is -2.16. The van der Waals surface area contributed by atoms with Gasteiger partial charge in [0.1, 0.15) is 0 Å². The molecule has 1 fully saturated rings. The van der Waals surface area contributed by atoms with Crippen LogP contribution in [0.25, 0.3) is 0 Å². The fourth-order valence-corrected chi connectivity index (χ4v) is 3.09. The maximum Gasteiger partial charge on any atom is 0.223 e. The number of carbonyl (C=O) groups is 1. The molecule has 1 amide bonds. The van der Waals surface area contributed by atoms with Crippen molar-refractivity contribution in [2.75, 3.05) is 13.1 Å². The van der Waals surface area contributed by atoms with Crippen LogP contribution in [-0.4, -0.2) is 34.1 Å². The van der Waals surface area contributed by atoms with Crippen molar-refractivity contribution >= 4 is 5.91 Å². The first-order valence-electron chi connectivity index (χ1n) is 8.31. The van der Waals surface area contributed by atoms with Crippen molar-refractivity contribution in [3.05, 3.63) is 47.2 Å². The summed E-state index contributed by atoms with van der Waals surface area (Å²) in [7, 11) is 0. The molecule has 1 aromatic carbocycles. The van der Waals surface area contributed by atoms with Crippen molar-refractivity contribution in [1.82, 2.24) is 15.1 Å². The molecule has 0 bridgehead atoms. The van der Waals surface area contributed by atoms with Gasteiger partial charge in [-0.2, -0.15) is 0 Å². The minimum absolute atomic E-state index is 0.175. The van der Waals surface area contributed by atoms with Crippen LogP contribution in [0.4, 0.5) is 0 Å². The van der Waals surface area contributed by atoms with Gasteiger partial charge in [0.25, 0.3) is 0 Å². The lowest BCUT2D eigenvalue weighted by Crippen LogP contribution is -2.28. The number of carbonyl (C=O) groups excluding carboxylic acids is 1. The third-order valence-corrected chi connectivity index (χ3v) is 4.52. The Morgan fingerprint density at radius 3 is 2.74 bits per heavy atom. The fourth-order valence-electron chi connectivity index (χ4n) is 3.09. The molecule has 1 aliphatic heterocycles. The van der Waals surface area contributed by atoms with Crippen LogP contribution in [0.5, 0.6) is 0 Å². The topological polar surface area (TPSA) is 59.2 Å². The van der Waals surface area contributed by atoms with E-state index < -0.39 is 0 Å². The van der Waals surface area contributed by atoms with Crippen molar-refractivity contribution in [3.63, 3.8) is 0 Å². The lowest BCUT2D eigenvalue weighted by atomic mass is 9.97. The Hall–Kier alpha value is -2.17. The Balaban J connectivity index is 1.52.